The van der Waals surface area contributed by atoms with Gasteiger partial charge in [-0.2, -0.15) is 0 Å². The van der Waals surface area contributed by atoms with Crippen LogP contribution in [0.2, 0.25) is 0 Å². The van der Waals surface area contributed by atoms with Gasteiger partial charge in [-0.1, -0.05) is 12.1 Å². The number of ether oxygens (including phenoxy) is 3. The molecule has 0 atom stereocenters. The standard InChI is InChI=1S/C19H24FN3O3/c1-21-19(22-11-13-6-5-7-14(20)8-13)23-12-16-17(25-3)9-15(24-2)10-18(16)26-4/h5-10H,11-12H2,1-4H3,(H2,21,22,23). The zero-order chi connectivity index (χ0) is 18.9. The first-order valence-corrected chi connectivity index (χ1v) is 8.09. The first-order chi connectivity index (χ1) is 12.6. The third kappa shape index (κ3) is 5.02. The summed E-state index contributed by atoms with van der Waals surface area (Å²) >= 11 is 0. The molecule has 0 aliphatic rings. The molecule has 7 heteroatoms. The molecule has 6 nitrogen and oxygen atoms in total. The molecule has 0 unspecified atom stereocenters. The SMILES string of the molecule is CN=C(NCc1cccc(F)c1)NCc1c(OC)cc(OC)cc1OC. The summed E-state index contributed by atoms with van der Waals surface area (Å²) in [5.74, 6) is 2.26. The highest BCUT2D eigenvalue weighted by Crippen LogP contribution is 2.33. The van der Waals surface area contributed by atoms with E-state index in [0.717, 1.165) is 11.1 Å². The summed E-state index contributed by atoms with van der Waals surface area (Å²) in [6.07, 6.45) is 0. The summed E-state index contributed by atoms with van der Waals surface area (Å²) in [5, 5.41) is 6.35. The number of aliphatic imine (C=N–C) groups is 1. The first kappa shape index (κ1) is 19.4. The molecule has 2 aromatic rings. The van der Waals surface area contributed by atoms with Crippen LogP contribution < -0.4 is 24.8 Å². The Hall–Kier alpha value is -2.96. The van der Waals surface area contributed by atoms with Crippen molar-refractivity contribution in [3.05, 3.63) is 53.3 Å². The van der Waals surface area contributed by atoms with Crippen LogP contribution in [0.1, 0.15) is 11.1 Å². The monoisotopic (exact) mass is 361 g/mol. The van der Waals surface area contributed by atoms with Gasteiger partial charge in [-0.3, -0.25) is 4.99 Å². The van der Waals surface area contributed by atoms with E-state index in [4.69, 9.17) is 14.2 Å². The Balaban J connectivity index is 2.06. The van der Waals surface area contributed by atoms with Crippen LogP contribution in [-0.4, -0.2) is 34.3 Å². The van der Waals surface area contributed by atoms with Gasteiger partial charge >= 0.3 is 0 Å². The van der Waals surface area contributed by atoms with Crippen molar-refractivity contribution in [3.8, 4) is 17.2 Å². The molecule has 0 aliphatic heterocycles. The van der Waals surface area contributed by atoms with E-state index in [1.54, 1.807) is 46.6 Å². The Morgan fingerprint density at radius 2 is 1.62 bits per heavy atom. The van der Waals surface area contributed by atoms with E-state index in [1.807, 2.05) is 6.07 Å². The molecule has 0 bridgehead atoms. The maximum absolute atomic E-state index is 13.3. The lowest BCUT2D eigenvalue weighted by atomic mass is 10.1. The van der Waals surface area contributed by atoms with Crippen LogP contribution in [0.4, 0.5) is 4.39 Å². The van der Waals surface area contributed by atoms with Crippen molar-refractivity contribution < 1.29 is 18.6 Å². The predicted octanol–water partition coefficient (Wildman–Crippen LogP) is 2.72. The second-order valence-corrected chi connectivity index (χ2v) is 5.42. The summed E-state index contributed by atoms with van der Waals surface area (Å²) < 4.78 is 29.4. The second kappa shape index (κ2) is 9.50. The topological polar surface area (TPSA) is 64.1 Å². The molecule has 2 rings (SSSR count). The zero-order valence-electron chi connectivity index (χ0n) is 15.4. The van der Waals surface area contributed by atoms with Gasteiger partial charge in [-0.25, -0.2) is 4.39 Å². The number of nitrogens with zero attached hydrogens (tertiary/aromatic N) is 1. The van der Waals surface area contributed by atoms with Crippen molar-refractivity contribution in [2.45, 2.75) is 13.1 Å². The maximum Gasteiger partial charge on any atom is 0.191 e. The highest BCUT2D eigenvalue weighted by Gasteiger charge is 2.13. The van der Waals surface area contributed by atoms with Crippen LogP contribution in [0.25, 0.3) is 0 Å². The minimum atomic E-state index is -0.264. The van der Waals surface area contributed by atoms with Crippen LogP contribution in [-0.2, 0) is 13.1 Å². The van der Waals surface area contributed by atoms with E-state index in [2.05, 4.69) is 15.6 Å². The number of halogens is 1. The van der Waals surface area contributed by atoms with Crippen LogP contribution in [0.5, 0.6) is 17.2 Å². The fourth-order valence-electron chi connectivity index (χ4n) is 2.48. The lowest BCUT2D eigenvalue weighted by Gasteiger charge is -2.17. The normalized spacial score (nSPS) is 11.0. The minimum Gasteiger partial charge on any atom is -0.496 e. The number of hydrogen-bond acceptors (Lipinski definition) is 4. The smallest absolute Gasteiger partial charge is 0.191 e. The van der Waals surface area contributed by atoms with Gasteiger partial charge in [-0.15, -0.1) is 0 Å². The Kier molecular flexibility index (Phi) is 7.08. The molecule has 2 aromatic carbocycles. The third-order valence-corrected chi connectivity index (χ3v) is 3.82. The van der Waals surface area contributed by atoms with Crippen molar-refractivity contribution >= 4 is 5.96 Å². The quantitative estimate of drug-likeness (QED) is 0.586. The number of nitrogens with one attached hydrogen (secondary N) is 2. The van der Waals surface area contributed by atoms with Gasteiger partial charge < -0.3 is 24.8 Å². The maximum atomic E-state index is 13.3. The Morgan fingerprint density at radius 3 is 2.15 bits per heavy atom. The van der Waals surface area contributed by atoms with Crippen molar-refractivity contribution in [1.82, 2.24) is 10.6 Å². The van der Waals surface area contributed by atoms with Gasteiger partial charge in [0.25, 0.3) is 0 Å². The zero-order valence-corrected chi connectivity index (χ0v) is 15.4. The van der Waals surface area contributed by atoms with E-state index in [0.29, 0.717) is 36.3 Å². The highest BCUT2D eigenvalue weighted by atomic mass is 19.1. The molecule has 0 aliphatic carbocycles. The fraction of sp³-hybridized carbons (Fsp3) is 0.316. The number of guanidine groups is 1. The summed E-state index contributed by atoms with van der Waals surface area (Å²) in [6.45, 7) is 0.882. The van der Waals surface area contributed by atoms with Crippen molar-refractivity contribution in [2.75, 3.05) is 28.4 Å². The first-order valence-electron chi connectivity index (χ1n) is 8.09. The molecular formula is C19H24FN3O3. The molecule has 26 heavy (non-hydrogen) atoms. The van der Waals surface area contributed by atoms with Crippen molar-refractivity contribution in [3.63, 3.8) is 0 Å². The number of rotatable bonds is 7. The average molecular weight is 361 g/mol. The number of benzene rings is 2. The Labute approximate surface area is 153 Å². The lowest BCUT2D eigenvalue weighted by Crippen LogP contribution is -2.36. The van der Waals surface area contributed by atoms with Gasteiger partial charge in [-0.05, 0) is 17.7 Å². The highest BCUT2D eigenvalue weighted by molar-refractivity contribution is 5.79. The Bertz CT molecular complexity index is 740. The summed E-state index contributed by atoms with van der Waals surface area (Å²) in [7, 11) is 6.44. The average Bonchev–Trinajstić information content (AvgIpc) is 2.67. The molecule has 0 heterocycles. The van der Waals surface area contributed by atoms with Crippen LogP contribution >= 0.6 is 0 Å². The summed E-state index contributed by atoms with van der Waals surface area (Å²) in [4.78, 5) is 4.18. The predicted molar refractivity (Wildman–Crippen MR) is 99.5 cm³/mol. The molecule has 0 saturated carbocycles. The molecule has 2 N–H and O–H groups in total. The van der Waals surface area contributed by atoms with Gasteiger partial charge in [0.05, 0.1) is 33.4 Å². The van der Waals surface area contributed by atoms with E-state index < -0.39 is 0 Å². The van der Waals surface area contributed by atoms with E-state index in [1.165, 1.54) is 12.1 Å². The second-order valence-electron chi connectivity index (χ2n) is 5.42. The van der Waals surface area contributed by atoms with Crippen molar-refractivity contribution in [2.24, 2.45) is 4.99 Å². The van der Waals surface area contributed by atoms with Gasteiger partial charge in [0, 0.05) is 25.7 Å². The molecule has 0 amide bonds. The molecule has 0 spiro atoms. The van der Waals surface area contributed by atoms with E-state index in [9.17, 15) is 4.39 Å². The van der Waals surface area contributed by atoms with Crippen LogP contribution in [0.15, 0.2) is 41.4 Å². The van der Waals surface area contributed by atoms with E-state index in [-0.39, 0.29) is 5.82 Å². The van der Waals surface area contributed by atoms with Crippen LogP contribution in [0, 0.1) is 5.82 Å². The minimum absolute atomic E-state index is 0.264. The number of hydrogen-bond donors (Lipinski definition) is 2. The molecule has 140 valence electrons. The lowest BCUT2D eigenvalue weighted by molar-refractivity contribution is 0.368. The molecule has 0 fully saturated rings. The van der Waals surface area contributed by atoms with Gasteiger partial charge in [0.2, 0.25) is 0 Å². The number of methoxy groups -OCH3 is 3. The molecule has 0 radical (unpaired) electrons. The molecule has 0 saturated heterocycles. The Morgan fingerprint density at radius 1 is 0.962 bits per heavy atom. The summed E-state index contributed by atoms with van der Waals surface area (Å²) in [6, 6.07) is 10.0. The van der Waals surface area contributed by atoms with Gasteiger partial charge in [0.15, 0.2) is 5.96 Å². The molecular weight excluding hydrogens is 337 g/mol. The van der Waals surface area contributed by atoms with Crippen molar-refractivity contribution in [1.29, 1.82) is 0 Å². The van der Waals surface area contributed by atoms with Gasteiger partial charge in [0.1, 0.15) is 23.1 Å². The summed E-state index contributed by atoms with van der Waals surface area (Å²) in [5.41, 5.74) is 1.66. The third-order valence-electron chi connectivity index (χ3n) is 3.82. The fourth-order valence-corrected chi connectivity index (χ4v) is 2.48. The van der Waals surface area contributed by atoms with E-state index >= 15 is 0 Å². The largest absolute Gasteiger partial charge is 0.496 e. The molecule has 0 aromatic heterocycles. The van der Waals surface area contributed by atoms with Crippen LogP contribution in [0.3, 0.4) is 0 Å².